The Morgan fingerprint density at radius 2 is 1.63 bits per heavy atom. The lowest BCUT2D eigenvalue weighted by atomic mass is 10.2. The van der Waals surface area contributed by atoms with Crippen LogP contribution in [-0.2, 0) is 13.2 Å². The number of carbonyl (C=O) groups excluding carboxylic acids is 1. The molecule has 0 unspecified atom stereocenters. The second-order valence-electron chi connectivity index (χ2n) is 6.63. The number of nitrogens with one attached hydrogen (secondary N) is 3. The molecular weight excluding hydrogens is 384 g/mol. The fourth-order valence-electron chi connectivity index (χ4n) is 2.81. The molecule has 30 heavy (non-hydrogen) atoms. The molecule has 8 heteroatoms. The Hall–Kier alpha value is -3.81. The number of amides is 1. The van der Waals surface area contributed by atoms with Crippen LogP contribution in [0.2, 0.25) is 0 Å². The number of benzene rings is 2. The van der Waals surface area contributed by atoms with Crippen molar-refractivity contribution in [2.24, 2.45) is 0 Å². The summed E-state index contributed by atoms with van der Waals surface area (Å²) in [5.41, 5.74) is -0.105. The quantitative estimate of drug-likeness (QED) is 0.502. The van der Waals surface area contributed by atoms with Gasteiger partial charge in [0, 0.05) is 13.1 Å². The van der Waals surface area contributed by atoms with E-state index < -0.39 is 17.2 Å². The molecule has 3 rings (SSSR count). The third-order valence-corrected chi connectivity index (χ3v) is 4.34. The Bertz CT molecular complexity index is 1090. The van der Waals surface area contributed by atoms with Crippen molar-refractivity contribution in [2.45, 2.75) is 26.5 Å². The molecule has 0 aliphatic rings. The molecule has 0 aliphatic heterocycles. The third-order valence-electron chi connectivity index (χ3n) is 4.34. The van der Waals surface area contributed by atoms with Gasteiger partial charge in [-0.25, -0.2) is 4.79 Å². The molecule has 0 radical (unpaired) electrons. The van der Waals surface area contributed by atoms with Crippen molar-refractivity contribution in [3.8, 4) is 0 Å². The van der Waals surface area contributed by atoms with Crippen molar-refractivity contribution in [1.29, 1.82) is 0 Å². The zero-order valence-electron chi connectivity index (χ0n) is 16.7. The van der Waals surface area contributed by atoms with Crippen LogP contribution in [0, 0.1) is 0 Å². The molecule has 1 amide bonds. The minimum absolute atomic E-state index is 0.0106. The number of rotatable bonds is 9. The van der Waals surface area contributed by atoms with Crippen molar-refractivity contribution < 1.29 is 9.63 Å². The highest BCUT2D eigenvalue weighted by atomic mass is 16.7. The first-order chi connectivity index (χ1) is 14.6. The van der Waals surface area contributed by atoms with Gasteiger partial charge < -0.3 is 15.5 Å². The van der Waals surface area contributed by atoms with Crippen LogP contribution in [0.25, 0.3) is 0 Å². The van der Waals surface area contributed by atoms with Gasteiger partial charge in [0.15, 0.2) is 0 Å². The van der Waals surface area contributed by atoms with Gasteiger partial charge in [-0.2, -0.15) is 0 Å². The summed E-state index contributed by atoms with van der Waals surface area (Å²) >= 11 is 0. The normalized spacial score (nSPS) is 10.4. The van der Waals surface area contributed by atoms with Crippen LogP contribution in [-0.4, -0.2) is 22.2 Å². The van der Waals surface area contributed by atoms with Crippen molar-refractivity contribution in [2.75, 3.05) is 11.9 Å². The van der Waals surface area contributed by atoms with Crippen LogP contribution in [0.15, 0.2) is 70.3 Å². The van der Waals surface area contributed by atoms with E-state index in [1.807, 2.05) is 67.6 Å². The van der Waals surface area contributed by atoms with E-state index in [0.717, 1.165) is 17.5 Å². The molecule has 1 aromatic heterocycles. The zero-order valence-corrected chi connectivity index (χ0v) is 16.7. The smallest absolute Gasteiger partial charge is 0.363 e. The fraction of sp³-hybridized carbons (Fsp3) is 0.227. The second kappa shape index (κ2) is 10.1. The first kappa shape index (κ1) is 20.9. The first-order valence-corrected chi connectivity index (χ1v) is 9.72. The lowest BCUT2D eigenvalue weighted by Gasteiger charge is -2.14. The van der Waals surface area contributed by atoms with Gasteiger partial charge in [-0.05, 0) is 17.5 Å². The predicted molar refractivity (Wildman–Crippen MR) is 114 cm³/mol. The average Bonchev–Trinajstić information content (AvgIpc) is 2.77. The number of nitrogens with zero attached hydrogens (tertiary/aromatic N) is 1. The molecule has 0 spiro atoms. The van der Waals surface area contributed by atoms with Crippen molar-refractivity contribution in [3.63, 3.8) is 0 Å². The van der Waals surface area contributed by atoms with E-state index in [1.165, 1.54) is 0 Å². The molecule has 0 saturated carbocycles. The summed E-state index contributed by atoms with van der Waals surface area (Å²) in [6.45, 7) is 2.68. The Morgan fingerprint density at radius 3 is 2.27 bits per heavy atom. The largest absolute Gasteiger partial charge is 0.401 e. The minimum Gasteiger partial charge on any atom is -0.401 e. The molecule has 3 aromatic rings. The van der Waals surface area contributed by atoms with E-state index in [2.05, 4.69) is 15.6 Å². The first-order valence-electron chi connectivity index (χ1n) is 9.72. The van der Waals surface area contributed by atoms with Crippen molar-refractivity contribution in [1.82, 2.24) is 15.0 Å². The average molecular weight is 408 g/mol. The molecule has 1 heterocycles. The summed E-state index contributed by atoms with van der Waals surface area (Å²) in [4.78, 5) is 46.2. The molecule has 0 saturated heterocycles. The van der Waals surface area contributed by atoms with Gasteiger partial charge in [0.05, 0.1) is 0 Å². The number of hydrogen-bond acceptors (Lipinski definition) is 5. The van der Waals surface area contributed by atoms with Gasteiger partial charge in [-0.3, -0.25) is 14.6 Å². The van der Waals surface area contributed by atoms with Crippen molar-refractivity contribution in [3.05, 3.63) is 98.2 Å². The minimum atomic E-state index is -0.821. The molecule has 0 fully saturated rings. The molecule has 2 aromatic carbocycles. The van der Waals surface area contributed by atoms with Gasteiger partial charge in [-0.1, -0.05) is 72.3 Å². The molecule has 0 bridgehead atoms. The predicted octanol–water partition coefficient (Wildman–Crippen LogP) is 1.92. The Kier molecular flexibility index (Phi) is 7.05. The van der Waals surface area contributed by atoms with Gasteiger partial charge in [0.2, 0.25) is 0 Å². The highest BCUT2D eigenvalue weighted by Gasteiger charge is 2.21. The van der Waals surface area contributed by atoms with Crippen LogP contribution in [0.5, 0.6) is 0 Å². The summed E-state index contributed by atoms with van der Waals surface area (Å²) in [5, 5.41) is 5.66. The van der Waals surface area contributed by atoms with E-state index in [9.17, 15) is 14.4 Å². The summed E-state index contributed by atoms with van der Waals surface area (Å²) in [5.74, 6) is -0.521. The molecule has 0 aliphatic carbocycles. The van der Waals surface area contributed by atoms with Crippen LogP contribution < -0.4 is 26.7 Å². The summed E-state index contributed by atoms with van der Waals surface area (Å²) in [6.07, 6.45) is 0.751. The van der Waals surface area contributed by atoms with Crippen LogP contribution in [0.1, 0.15) is 34.8 Å². The highest BCUT2D eigenvalue weighted by molar-refractivity contribution is 5.98. The van der Waals surface area contributed by atoms with Crippen LogP contribution >= 0.6 is 0 Å². The number of hydrogen-bond donors (Lipinski definition) is 3. The summed E-state index contributed by atoms with van der Waals surface area (Å²) in [6, 6.07) is 18.5. The lowest BCUT2D eigenvalue weighted by molar-refractivity contribution is 0.0764. The van der Waals surface area contributed by atoms with E-state index in [1.54, 1.807) is 0 Å². The van der Waals surface area contributed by atoms with Crippen LogP contribution in [0.4, 0.5) is 5.82 Å². The van der Waals surface area contributed by atoms with E-state index in [4.69, 9.17) is 4.84 Å². The maximum absolute atomic E-state index is 13.0. The molecule has 8 nitrogen and oxygen atoms in total. The maximum Gasteiger partial charge on any atom is 0.363 e. The van der Waals surface area contributed by atoms with Crippen LogP contribution in [0.3, 0.4) is 0 Å². The lowest BCUT2D eigenvalue weighted by Crippen LogP contribution is -2.45. The number of carbonyl (C=O) groups is 1. The Morgan fingerprint density at radius 1 is 1.00 bits per heavy atom. The van der Waals surface area contributed by atoms with Crippen molar-refractivity contribution >= 4 is 11.7 Å². The molecule has 0 atom stereocenters. The summed E-state index contributed by atoms with van der Waals surface area (Å²) < 4.78 is 0.585. The van der Waals surface area contributed by atoms with Gasteiger partial charge in [0.1, 0.15) is 18.0 Å². The number of H-pyrrole nitrogens is 1. The number of aromatic nitrogens is 2. The van der Waals surface area contributed by atoms with E-state index in [-0.39, 0.29) is 24.5 Å². The second-order valence-corrected chi connectivity index (χ2v) is 6.63. The number of anilines is 1. The van der Waals surface area contributed by atoms with Gasteiger partial charge in [-0.15, -0.1) is 0 Å². The van der Waals surface area contributed by atoms with Gasteiger partial charge in [0.25, 0.3) is 5.91 Å². The standard InChI is InChI=1S/C22H24N4O4/c1-2-13-23-19-18(20(27)24-14-16-9-5-3-6-10-16)21(28)26(22(29)25-19)30-15-17-11-7-4-8-12-17/h3-12,23H,2,13-15H2,1H3,(H,24,27)(H,25,29). The number of aromatic amines is 1. The Labute approximate surface area is 173 Å². The molecular formula is C22H24N4O4. The molecule has 156 valence electrons. The van der Waals surface area contributed by atoms with E-state index >= 15 is 0 Å². The van der Waals surface area contributed by atoms with E-state index in [0.29, 0.717) is 11.3 Å². The molecule has 3 N–H and O–H groups in total. The van der Waals surface area contributed by atoms with Gasteiger partial charge >= 0.3 is 11.2 Å². The maximum atomic E-state index is 13.0. The topological polar surface area (TPSA) is 105 Å². The fourth-order valence-corrected chi connectivity index (χ4v) is 2.81. The monoisotopic (exact) mass is 408 g/mol. The third kappa shape index (κ3) is 5.16. The highest BCUT2D eigenvalue weighted by Crippen LogP contribution is 2.07. The Balaban J connectivity index is 1.88. The zero-order chi connectivity index (χ0) is 21.3. The SMILES string of the molecule is CCCNc1[nH]c(=O)n(OCc2ccccc2)c(=O)c1C(=O)NCc1ccccc1. The summed E-state index contributed by atoms with van der Waals surface area (Å²) in [7, 11) is 0.